The summed E-state index contributed by atoms with van der Waals surface area (Å²) in [6, 6.07) is 3.86. The van der Waals surface area contributed by atoms with Gasteiger partial charge in [0.2, 0.25) is 11.9 Å². The SMILES string of the molecule is COc1cc(C(=O)NC(C)C)ccc1Nc1ncc(C(F)(F)F)c(NC2CCCCC2NC(C)=O)n1. The fourth-order valence-electron chi connectivity index (χ4n) is 4.07. The molecule has 12 heteroatoms. The van der Waals surface area contributed by atoms with E-state index in [0.717, 1.165) is 12.8 Å². The monoisotopic (exact) mass is 508 g/mol. The van der Waals surface area contributed by atoms with Gasteiger partial charge in [-0.2, -0.15) is 18.2 Å². The zero-order chi connectivity index (χ0) is 26.5. The average molecular weight is 509 g/mol. The zero-order valence-corrected chi connectivity index (χ0v) is 20.6. The summed E-state index contributed by atoms with van der Waals surface area (Å²) in [6.45, 7) is 5.05. The summed E-state index contributed by atoms with van der Waals surface area (Å²) in [7, 11) is 1.41. The number of carbonyl (C=O) groups excluding carboxylic acids is 2. The lowest BCUT2D eigenvalue weighted by atomic mass is 9.90. The summed E-state index contributed by atoms with van der Waals surface area (Å²) in [5.74, 6) is -0.702. The molecule has 196 valence electrons. The minimum atomic E-state index is -4.68. The predicted octanol–water partition coefficient (Wildman–Crippen LogP) is 4.25. The zero-order valence-electron chi connectivity index (χ0n) is 20.6. The Labute approximate surface area is 207 Å². The fourth-order valence-corrected chi connectivity index (χ4v) is 4.07. The van der Waals surface area contributed by atoms with E-state index in [1.807, 2.05) is 13.8 Å². The van der Waals surface area contributed by atoms with Crippen molar-refractivity contribution in [2.75, 3.05) is 17.7 Å². The lowest BCUT2D eigenvalue weighted by Crippen LogP contribution is -2.48. The quantitative estimate of drug-likeness (QED) is 0.421. The molecule has 0 radical (unpaired) electrons. The van der Waals surface area contributed by atoms with Crippen LogP contribution in [0.25, 0.3) is 0 Å². The van der Waals surface area contributed by atoms with Crippen molar-refractivity contribution in [3.63, 3.8) is 0 Å². The Bertz CT molecular complexity index is 1090. The first kappa shape index (κ1) is 27.0. The molecule has 0 spiro atoms. The molecule has 1 saturated carbocycles. The van der Waals surface area contributed by atoms with Crippen LogP contribution in [0.15, 0.2) is 24.4 Å². The number of amides is 2. The van der Waals surface area contributed by atoms with Gasteiger partial charge in [-0.05, 0) is 44.9 Å². The van der Waals surface area contributed by atoms with E-state index < -0.39 is 17.8 Å². The molecule has 36 heavy (non-hydrogen) atoms. The summed E-state index contributed by atoms with van der Waals surface area (Å²) in [5.41, 5.74) is -0.269. The van der Waals surface area contributed by atoms with Crippen LogP contribution in [-0.4, -0.2) is 47.0 Å². The van der Waals surface area contributed by atoms with E-state index in [2.05, 4.69) is 31.2 Å². The number of rotatable bonds is 8. The summed E-state index contributed by atoms with van der Waals surface area (Å²) in [4.78, 5) is 31.8. The summed E-state index contributed by atoms with van der Waals surface area (Å²) >= 11 is 0. The molecule has 2 aromatic rings. The van der Waals surface area contributed by atoms with E-state index in [0.29, 0.717) is 36.0 Å². The molecule has 1 heterocycles. The molecule has 9 nitrogen and oxygen atoms in total. The molecular weight excluding hydrogens is 477 g/mol. The van der Waals surface area contributed by atoms with Gasteiger partial charge in [-0.25, -0.2) is 4.98 Å². The van der Waals surface area contributed by atoms with Gasteiger partial charge in [0.05, 0.1) is 12.8 Å². The highest BCUT2D eigenvalue weighted by Crippen LogP contribution is 2.36. The molecule has 1 aromatic carbocycles. The van der Waals surface area contributed by atoms with Crippen molar-refractivity contribution in [3.8, 4) is 5.75 Å². The second-order valence-electron chi connectivity index (χ2n) is 8.96. The highest BCUT2D eigenvalue weighted by Gasteiger charge is 2.37. The number of carbonyl (C=O) groups is 2. The number of hydrogen-bond donors (Lipinski definition) is 4. The van der Waals surface area contributed by atoms with Gasteiger partial charge < -0.3 is 26.0 Å². The molecule has 2 unspecified atom stereocenters. The summed E-state index contributed by atoms with van der Waals surface area (Å²) < 4.78 is 46.5. The Morgan fingerprint density at radius 2 is 1.83 bits per heavy atom. The number of benzene rings is 1. The van der Waals surface area contributed by atoms with E-state index >= 15 is 0 Å². The maximum atomic E-state index is 13.7. The van der Waals surface area contributed by atoms with Crippen LogP contribution in [0.1, 0.15) is 62.4 Å². The molecule has 0 bridgehead atoms. The van der Waals surface area contributed by atoms with Crippen molar-refractivity contribution in [2.24, 2.45) is 0 Å². The number of hydrogen-bond acceptors (Lipinski definition) is 7. The number of aromatic nitrogens is 2. The Hall–Kier alpha value is -3.57. The third kappa shape index (κ3) is 6.98. The van der Waals surface area contributed by atoms with E-state index in [1.165, 1.54) is 20.1 Å². The highest BCUT2D eigenvalue weighted by atomic mass is 19.4. The first-order valence-electron chi connectivity index (χ1n) is 11.7. The Morgan fingerprint density at radius 3 is 2.44 bits per heavy atom. The van der Waals surface area contributed by atoms with Crippen LogP contribution in [0.3, 0.4) is 0 Å². The number of methoxy groups -OCH3 is 1. The summed E-state index contributed by atoms with van der Waals surface area (Å²) in [5, 5.41) is 11.4. The molecular formula is C24H31F3N6O3. The van der Waals surface area contributed by atoms with Gasteiger partial charge >= 0.3 is 6.18 Å². The lowest BCUT2D eigenvalue weighted by molar-refractivity contribution is -0.137. The van der Waals surface area contributed by atoms with Gasteiger partial charge in [0.25, 0.3) is 5.91 Å². The molecule has 3 rings (SSSR count). The van der Waals surface area contributed by atoms with E-state index in [4.69, 9.17) is 4.74 Å². The van der Waals surface area contributed by atoms with Gasteiger partial charge in [0.15, 0.2) is 0 Å². The molecule has 4 N–H and O–H groups in total. The molecule has 1 aliphatic rings. The topological polar surface area (TPSA) is 117 Å². The molecule has 2 amide bonds. The number of halogens is 3. The normalized spacial score (nSPS) is 17.9. The summed E-state index contributed by atoms with van der Waals surface area (Å²) in [6.07, 6.45) is -1.03. The largest absolute Gasteiger partial charge is 0.495 e. The minimum Gasteiger partial charge on any atom is -0.495 e. The van der Waals surface area contributed by atoms with Crippen LogP contribution in [0.2, 0.25) is 0 Å². The van der Waals surface area contributed by atoms with Crippen molar-refractivity contribution in [1.82, 2.24) is 20.6 Å². The molecule has 2 atom stereocenters. The van der Waals surface area contributed by atoms with Gasteiger partial charge in [-0.15, -0.1) is 0 Å². The Kier molecular flexibility index (Phi) is 8.59. The van der Waals surface area contributed by atoms with Crippen LogP contribution in [0.4, 0.5) is 30.6 Å². The first-order valence-corrected chi connectivity index (χ1v) is 11.7. The van der Waals surface area contributed by atoms with Gasteiger partial charge in [-0.3, -0.25) is 9.59 Å². The fraction of sp³-hybridized carbons (Fsp3) is 0.500. The minimum absolute atomic E-state index is 0.0535. The Balaban J connectivity index is 1.89. The molecule has 1 aliphatic carbocycles. The first-order chi connectivity index (χ1) is 17.0. The van der Waals surface area contributed by atoms with Crippen LogP contribution in [0.5, 0.6) is 5.75 Å². The van der Waals surface area contributed by atoms with E-state index in [-0.39, 0.29) is 35.7 Å². The third-order valence-corrected chi connectivity index (χ3v) is 5.70. The van der Waals surface area contributed by atoms with Crippen molar-refractivity contribution >= 4 is 29.3 Å². The average Bonchev–Trinajstić information content (AvgIpc) is 2.79. The number of nitrogens with one attached hydrogen (secondary N) is 4. The van der Waals surface area contributed by atoms with E-state index in [1.54, 1.807) is 12.1 Å². The number of anilines is 3. The van der Waals surface area contributed by atoms with Crippen molar-refractivity contribution in [1.29, 1.82) is 0 Å². The van der Waals surface area contributed by atoms with Crippen LogP contribution in [0, 0.1) is 0 Å². The second kappa shape index (κ2) is 11.4. The number of alkyl halides is 3. The third-order valence-electron chi connectivity index (χ3n) is 5.70. The number of ether oxygens (including phenoxy) is 1. The Morgan fingerprint density at radius 1 is 1.14 bits per heavy atom. The standard InChI is InChI=1S/C24H31F3N6O3/c1-13(2)29-22(35)15-9-10-19(20(11-15)36-4)32-23-28-12-16(24(25,26)27)21(33-23)31-18-8-6-5-7-17(18)30-14(3)34/h9-13,17-18H,5-8H2,1-4H3,(H,29,35)(H,30,34)(H2,28,31,32,33). The number of nitrogens with zero attached hydrogens (tertiary/aromatic N) is 2. The van der Waals surface area contributed by atoms with Crippen LogP contribution in [-0.2, 0) is 11.0 Å². The van der Waals surface area contributed by atoms with Crippen LogP contribution >= 0.6 is 0 Å². The lowest BCUT2D eigenvalue weighted by Gasteiger charge is -2.33. The van der Waals surface area contributed by atoms with Gasteiger partial charge in [0, 0.05) is 36.8 Å². The molecule has 1 aromatic heterocycles. The van der Waals surface area contributed by atoms with Crippen molar-refractivity contribution in [2.45, 2.75) is 70.8 Å². The maximum Gasteiger partial charge on any atom is 0.421 e. The second-order valence-corrected chi connectivity index (χ2v) is 8.96. The van der Waals surface area contributed by atoms with Crippen molar-refractivity contribution in [3.05, 3.63) is 35.5 Å². The highest BCUT2D eigenvalue weighted by molar-refractivity contribution is 5.95. The molecule has 0 saturated heterocycles. The smallest absolute Gasteiger partial charge is 0.421 e. The van der Waals surface area contributed by atoms with Gasteiger partial charge in [-0.1, -0.05) is 12.8 Å². The molecule has 1 fully saturated rings. The van der Waals surface area contributed by atoms with Gasteiger partial charge in [0.1, 0.15) is 17.1 Å². The molecule has 0 aliphatic heterocycles. The van der Waals surface area contributed by atoms with Crippen molar-refractivity contribution < 1.29 is 27.5 Å². The van der Waals surface area contributed by atoms with Crippen LogP contribution < -0.4 is 26.0 Å². The maximum absolute atomic E-state index is 13.7. The predicted molar refractivity (Wildman–Crippen MR) is 129 cm³/mol. The van der Waals surface area contributed by atoms with E-state index in [9.17, 15) is 22.8 Å².